The van der Waals surface area contributed by atoms with Crippen LogP contribution in [0.1, 0.15) is 40.5 Å². The van der Waals surface area contributed by atoms with E-state index in [1.165, 1.54) is 0 Å². The number of Topliss-reactive ketones (excluding diaryl/α,β-unsaturated/α-hetero) is 1. The van der Waals surface area contributed by atoms with Gasteiger partial charge in [0.1, 0.15) is 5.82 Å². The molecule has 1 aromatic heterocycles. The van der Waals surface area contributed by atoms with Crippen LogP contribution in [0, 0.1) is 25.2 Å². The number of rotatable bonds is 2. The summed E-state index contributed by atoms with van der Waals surface area (Å²) in [6.07, 6.45) is 1.93. The van der Waals surface area contributed by atoms with E-state index in [1.807, 2.05) is 13.8 Å². The van der Waals surface area contributed by atoms with Crippen LogP contribution in [-0.4, -0.2) is 5.78 Å². The Morgan fingerprint density at radius 3 is 2.59 bits per heavy atom. The lowest BCUT2D eigenvalue weighted by molar-refractivity contribution is -0.116. The summed E-state index contributed by atoms with van der Waals surface area (Å²) < 4.78 is 0. The Bertz CT molecular complexity index is 1140. The summed E-state index contributed by atoms with van der Waals surface area (Å²) in [6, 6.07) is 9.58. The molecule has 4 rings (SSSR count). The van der Waals surface area contributed by atoms with Crippen molar-refractivity contribution < 1.29 is 4.79 Å². The zero-order valence-corrected chi connectivity index (χ0v) is 18.4. The molecule has 2 aromatic rings. The first-order valence-corrected chi connectivity index (χ1v) is 10.9. The topological polar surface area (TPSA) is 70.1 Å². The molecule has 4 nitrogen and oxygen atoms in total. The van der Waals surface area contributed by atoms with E-state index in [2.05, 4.69) is 12.1 Å². The summed E-state index contributed by atoms with van der Waals surface area (Å²) >= 11 is 14.0. The maximum Gasteiger partial charge on any atom is 0.161 e. The van der Waals surface area contributed by atoms with E-state index in [4.69, 9.17) is 28.9 Å². The zero-order chi connectivity index (χ0) is 20.9. The van der Waals surface area contributed by atoms with Crippen molar-refractivity contribution >= 4 is 46.0 Å². The van der Waals surface area contributed by atoms with Gasteiger partial charge in [-0.05, 0) is 56.5 Å². The molecule has 2 N–H and O–H groups in total. The van der Waals surface area contributed by atoms with Gasteiger partial charge in [-0.2, -0.15) is 5.26 Å². The smallest absolute Gasteiger partial charge is 0.161 e. The average molecular weight is 444 g/mol. The Labute approximate surface area is 183 Å². The number of allylic oxidation sites excluding steroid dienone is 3. The number of thiophene rings is 1. The highest BCUT2D eigenvalue weighted by Crippen LogP contribution is 2.48. The van der Waals surface area contributed by atoms with Crippen LogP contribution in [0.2, 0.25) is 10.0 Å². The molecule has 148 valence electrons. The monoisotopic (exact) mass is 443 g/mol. The van der Waals surface area contributed by atoms with E-state index in [9.17, 15) is 10.1 Å². The summed E-state index contributed by atoms with van der Waals surface area (Å²) in [4.78, 5) is 17.1. The summed E-state index contributed by atoms with van der Waals surface area (Å²) in [7, 11) is 0. The van der Waals surface area contributed by atoms with E-state index >= 15 is 0 Å². The largest absolute Gasteiger partial charge is 0.384 e. The van der Waals surface area contributed by atoms with Gasteiger partial charge in [-0.15, -0.1) is 11.3 Å². The lowest BCUT2D eigenvalue weighted by Gasteiger charge is -2.39. The first kappa shape index (κ1) is 20.0. The van der Waals surface area contributed by atoms with Crippen molar-refractivity contribution in [1.29, 1.82) is 5.26 Å². The minimum Gasteiger partial charge on any atom is -0.384 e. The number of nitriles is 1. The number of hydrogen-bond acceptors (Lipinski definition) is 5. The second-order valence-corrected chi connectivity index (χ2v) is 9.56. The van der Waals surface area contributed by atoms with Crippen molar-refractivity contribution in [1.82, 2.24) is 0 Å². The van der Waals surface area contributed by atoms with Crippen LogP contribution in [0.25, 0.3) is 0 Å². The van der Waals surface area contributed by atoms with Crippen LogP contribution < -0.4 is 10.6 Å². The Kier molecular flexibility index (Phi) is 5.20. The van der Waals surface area contributed by atoms with Gasteiger partial charge in [-0.3, -0.25) is 9.69 Å². The first-order valence-electron chi connectivity index (χ1n) is 9.31. The van der Waals surface area contributed by atoms with E-state index in [0.29, 0.717) is 45.5 Å². The van der Waals surface area contributed by atoms with Crippen molar-refractivity contribution in [2.45, 2.75) is 39.0 Å². The maximum absolute atomic E-state index is 13.1. The van der Waals surface area contributed by atoms with Crippen molar-refractivity contribution in [3.63, 3.8) is 0 Å². The number of carbonyl (C=O) groups excluding carboxylic acids is 1. The SMILES string of the molecule is Cc1cc([C@@H]2C(C#N)=C(N)N(c3ccc(Cl)c(Cl)c3)C3=C2C(=O)CCC3)c(C)s1. The third kappa shape index (κ3) is 3.26. The molecule has 1 atom stereocenters. The van der Waals surface area contributed by atoms with Crippen LogP contribution in [0.4, 0.5) is 5.69 Å². The molecule has 29 heavy (non-hydrogen) atoms. The van der Waals surface area contributed by atoms with Gasteiger partial charge in [0.25, 0.3) is 0 Å². The van der Waals surface area contributed by atoms with E-state index in [-0.39, 0.29) is 5.78 Å². The number of hydrogen-bond donors (Lipinski definition) is 1. The van der Waals surface area contributed by atoms with Gasteiger partial charge in [-0.25, -0.2) is 0 Å². The molecule has 0 radical (unpaired) electrons. The van der Waals surface area contributed by atoms with Crippen LogP contribution in [-0.2, 0) is 4.79 Å². The Morgan fingerprint density at radius 1 is 1.21 bits per heavy atom. The standard InChI is InChI=1S/C22H19Cl2N3OS/c1-11-8-14(12(2)29-11)20-15(10-25)22(26)27(13-6-7-16(23)17(24)9-13)18-4-3-5-19(28)21(18)20/h6-9,20H,3-5,26H2,1-2H3/t20-/m1/s1. The molecule has 0 saturated carbocycles. The average Bonchev–Trinajstić information content (AvgIpc) is 3.01. The first-order chi connectivity index (χ1) is 13.8. The van der Waals surface area contributed by atoms with Gasteiger partial charge < -0.3 is 5.73 Å². The summed E-state index contributed by atoms with van der Waals surface area (Å²) in [5.74, 6) is -0.0100. The number of nitrogens with zero attached hydrogens (tertiary/aromatic N) is 2. The second kappa shape index (κ2) is 7.53. The molecule has 0 unspecified atom stereocenters. The van der Waals surface area contributed by atoms with Crippen molar-refractivity contribution in [2.75, 3.05) is 4.90 Å². The quantitative estimate of drug-likeness (QED) is 0.619. The summed E-state index contributed by atoms with van der Waals surface area (Å²) in [5, 5.41) is 10.9. The fraction of sp³-hybridized carbons (Fsp3) is 0.273. The number of nitrogens with two attached hydrogens (primary N) is 1. The van der Waals surface area contributed by atoms with Crippen LogP contribution in [0.3, 0.4) is 0 Å². The van der Waals surface area contributed by atoms with Crippen LogP contribution in [0.5, 0.6) is 0 Å². The Morgan fingerprint density at radius 2 is 1.97 bits per heavy atom. The normalized spacial score (nSPS) is 19.5. The Balaban J connectivity index is 1.99. The van der Waals surface area contributed by atoms with Gasteiger partial charge >= 0.3 is 0 Å². The molecule has 0 bridgehead atoms. The molecule has 2 aliphatic rings. The van der Waals surface area contributed by atoms with Crippen molar-refractivity contribution in [3.8, 4) is 6.07 Å². The number of carbonyl (C=O) groups is 1. The third-order valence-corrected chi connectivity index (χ3v) is 7.19. The minimum atomic E-state index is -0.424. The van der Waals surface area contributed by atoms with Gasteiger partial charge in [0, 0.05) is 33.1 Å². The number of anilines is 1. The lowest BCUT2D eigenvalue weighted by Crippen LogP contribution is -2.38. The molecule has 0 fully saturated rings. The number of aryl methyl sites for hydroxylation is 2. The minimum absolute atomic E-state index is 0.0739. The molecule has 0 saturated heterocycles. The molecule has 0 spiro atoms. The number of benzene rings is 1. The highest BCUT2D eigenvalue weighted by Gasteiger charge is 2.41. The summed E-state index contributed by atoms with van der Waals surface area (Å²) in [6.45, 7) is 4.06. The van der Waals surface area contributed by atoms with Gasteiger partial charge in [0.2, 0.25) is 0 Å². The van der Waals surface area contributed by atoms with Gasteiger partial charge in [0.05, 0.1) is 27.6 Å². The lowest BCUT2D eigenvalue weighted by atomic mass is 9.75. The van der Waals surface area contributed by atoms with Gasteiger partial charge in [0.15, 0.2) is 5.78 Å². The number of ketones is 1. The van der Waals surface area contributed by atoms with E-state index in [1.54, 1.807) is 34.4 Å². The second-order valence-electron chi connectivity index (χ2n) is 7.28. The molecule has 1 aliphatic heterocycles. The van der Waals surface area contributed by atoms with Crippen molar-refractivity contribution in [3.05, 3.63) is 72.3 Å². The molecular weight excluding hydrogens is 425 g/mol. The third-order valence-electron chi connectivity index (χ3n) is 5.47. The molecule has 0 amide bonds. The fourth-order valence-corrected chi connectivity index (χ4v) is 5.51. The molecule has 7 heteroatoms. The predicted octanol–water partition coefficient (Wildman–Crippen LogP) is 5.98. The molecule has 1 aromatic carbocycles. The highest BCUT2D eigenvalue weighted by molar-refractivity contribution is 7.12. The summed E-state index contributed by atoms with van der Waals surface area (Å²) in [5.41, 5.74) is 10.2. The van der Waals surface area contributed by atoms with Crippen molar-refractivity contribution in [2.24, 2.45) is 5.73 Å². The van der Waals surface area contributed by atoms with E-state index in [0.717, 1.165) is 27.4 Å². The van der Waals surface area contributed by atoms with E-state index < -0.39 is 5.92 Å². The van der Waals surface area contributed by atoms with Crippen LogP contribution in [0.15, 0.2) is 46.9 Å². The maximum atomic E-state index is 13.1. The molecule has 1 aliphatic carbocycles. The highest BCUT2D eigenvalue weighted by atomic mass is 35.5. The van der Waals surface area contributed by atoms with Gasteiger partial charge in [-0.1, -0.05) is 23.2 Å². The predicted molar refractivity (Wildman–Crippen MR) is 118 cm³/mol. The zero-order valence-electron chi connectivity index (χ0n) is 16.1. The molecule has 2 heterocycles. The number of halogens is 2. The van der Waals surface area contributed by atoms with Crippen LogP contribution >= 0.6 is 34.5 Å². The fourth-order valence-electron chi connectivity index (χ4n) is 4.25. The molecular formula is C22H19Cl2N3OS. The Hall–Kier alpha value is -2.26.